The molecule has 3 aromatic rings. The van der Waals surface area contributed by atoms with Crippen molar-refractivity contribution >= 4 is 17.5 Å². The van der Waals surface area contributed by atoms with Crippen molar-refractivity contribution in [2.75, 3.05) is 12.4 Å². The fourth-order valence-electron chi connectivity index (χ4n) is 2.44. The molecule has 2 amide bonds. The minimum atomic E-state index is -0.277. The maximum atomic E-state index is 12.6. The van der Waals surface area contributed by atoms with Crippen LogP contribution in [-0.4, -0.2) is 33.4 Å². The molecule has 126 valence electrons. The molecule has 0 bridgehead atoms. The van der Waals surface area contributed by atoms with Crippen molar-refractivity contribution < 1.29 is 9.59 Å². The van der Waals surface area contributed by atoms with Crippen LogP contribution in [0.3, 0.4) is 0 Å². The van der Waals surface area contributed by atoms with Crippen molar-refractivity contribution in [1.82, 2.24) is 19.9 Å². The molecule has 0 atom stereocenters. The molecule has 7 nitrogen and oxygen atoms in total. The third-order valence-corrected chi connectivity index (χ3v) is 3.83. The van der Waals surface area contributed by atoms with Crippen molar-refractivity contribution in [3.8, 4) is 5.82 Å². The lowest BCUT2D eigenvalue weighted by atomic mass is 10.1. The molecule has 7 heteroatoms. The van der Waals surface area contributed by atoms with Gasteiger partial charge in [-0.25, -0.2) is 9.97 Å². The number of benzene rings is 1. The quantitative estimate of drug-likeness (QED) is 0.765. The van der Waals surface area contributed by atoms with Crippen molar-refractivity contribution in [3.63, 3.8) is 0 Å². The van der Waals surface area contributed by atoms with Crippen molar-refractivity contribution in [2.24, 2.45) is 0 Å². The maximum Gasteiger partial charge on any atom is 0.255 e. The van der Waals surface area contributed by atoms with E-state index in [-0.39, 0.29) is 11.8 Å². The van der Waals surface area contributed by atoms with Crippen molar-refractivity contribution in [1.29, 1.82) is 0 Å². The second-order valence-electron chi connectivity index (χ2n) is 5.38. The maximum absolute atomic E-state index is 12.6. The van der Waals surface area contributed by atoms with E-state index in [1.807, 2.05) is 0 Å². The molecular weight excluding hydrogens is 318 g/mol. The highest BCUT2D eigenvalue weighted by Gasteiger charge is 2.13. The molecule has 2 heterocycles. The standard InChI is InChI=1S/C18H17N5O2/c1-12-14(18(25)19-2)4-3-5-15(12)22-17(24)13-6-7-21-16(10-13)23-9-8-20-11-23/h3-11H,1-2H3,(H,19,25)(H,22,24). The Bertz CT molecular complexity index is 919. The number of imidazole rings is 1. The van der Waals surface area contributed by atoms with E-state index >= 15 is 0 Å². The summed E-state index contributed by atoms with van der Waals surface area (Å²) < 4.78 is 1.72. The number of amides is 2. The van der Waals surface area contributed by atoms with E-state index in [1.165, 1.54) is 0 Å². The van der Waals surface area contributed by atoms with E-state index in [1.54, 1.807) is 73.8 Å². The summed E-state index contributed by atoms with van der Waals surface area (Å²) in [5, 5.41) is 5.44. The van der Waals surface area contributed by atoms with Gasteiger partial charge in [-0.1, -0.05) is 6.07 Å². The number of anilines is 1. The van der Waals surface area contributed by atoms with Gasteiger partial charge in [0, 0.05) is 42.5 Å². The minimum absolute atomic E-state index is 0.195. The van der Waals surface area contributed by atoms with E-state index in [0.717, 1.165) is 0 Å². The highest BCUT2D eigenvalue weighted by molar-refractivity contribution is 6.06. The van der Waals surface area contributed by atoms with Crippen LogP contribution >= 0.6 is 0 Å². The molecule has 0 radical (unpaired) electrons. The molecule has 2 aromatic heterocycles. The summed E-state index contributed by atoms with van der Waals surface area (Å²) in [4.78, 5) is 32.7. The van der Waals surface area contributed by atoms with Gasteiger partial charge in [-0.2, -0.15) is 0 Å². The number of nitrogens with one attached hydrogen (secondary N) is 2. The Labute approximate surface area is 144 Å². The van der Waals surface area contributed by atoms with Gasteiger partial charge in [0.25, 0.3) is 11.8 Å². The van der Waals surface area contributed by atoms with E-state index < -0.39 is 0 Å². The lowest BCUT2D eigenvalue weighted by molar-refractivity contribution is 0.0960. The topological polar surface area (TPSA) is 88.9 Å². The van der Waals surface area contributed by atoms with E-state index in [0.29, 0.717) is 28.2 Å². The summed E-state index contributed by atoms with van der Waals surface area (Å²) in [6, 6.07) is 8.52. The second kappa shape index (κ2) is 6.96. The largest absolute Gasteiger partial charge is 0.355 e. The van der Waals surface area contributed by atoms with Crippen LogP contribution in [0.25, 0.3) is 5.82 Å². The molecule has 2 N–H and O–H groups in total. The van der Waals surface area contributed by atoms with Gasteiger partial charge in [0.15, 0.2) is 0 Å². The molecular formula is C18H17N5O2. The molecule has 0 fully saturated rings. The molecule has 0 aliphatic heterocycles. The van der Waals surface area contributed by atoms with Crippen LogP contribution in [0.4, 0.5) is 5.69 Å². The highest BCUT2D eigenvalue weighted by atomic mass is 16.2. The number of aromatic nitrogens is 3. The average Bonchev–Trinajstić information content (AvgIpc) is 3.17. The normalized spacial score (nSPS) is 10.3. The lowest BCUT2D eigenvalue weighted by Crippen LogP contribution is -2.20. The summed E-state index contributed by atoms with van der Waals surface area (Å²) in [5.41, 5.74) is 2.28. The summed E-state index contributed by atoms with van der Waals surface area (Å²) in [6.45, 7) is 1.80. The zero-order valence-corrected chi connectivity index (χ0v) is 13.9. The van der Waals surface area contributed by atoms with Crippen LogP contribution in [0, 0.1) is 6.92 Å². The van der Waals surface area contributed by atoms with E-state index in [2.05, 4.69) is 20.6 Å². The van der Waals surface area contributed by atoms with Gasteiger partial charge >= 0.3 is 0 Å². The predicted octanol–water partition coefficient (Wildman–Crippen LogP) is 2.19. The first kappa shape index (κ1) is 16.4. The van der Waals surface area contributed by atoms with Crippen LogP contribution < -0.4 is 10.6 Å². The first-order valence-corrected chi connectivity index (χ1v) is 7.67. The Balaban J connectivity index is 1.86. The Morgan fingerprint density at radius 2 is 1.96 bits per heavy atom. The number of rotatable bonds is 4. The molecule has 0 aliphatic rings. The molecule has 0 spiro atoms. The first-order valence-electron chi connectivity index (χ1n) is 7.67. The number of nitrogens with zero attached hydrogens (tertiary/aromatic N) is 3. The fourth-order valence-corrected chi connectivity index (χ4v) is 2.44. The van der Waals surface area contributed by atoms with E-state index in [4.69, 9.17) is 0 Å². The van der Waals surface area contributed by atoms with Crippen LogP contribution in [-0.2, 0) is 0 Å². The number of carbonyl (C=O) groups is 2. The van der Waals surface area contributed by atoms with Crippen molar-refractivity contribution in [2.45, 2.75) is 6.92 Å². The second-order valence-corrected chi connectivity index (χ2v) is 5.38. The Morgan fingerprint density at radius 1 is 1.12 bits per heavy atom. The van der Waals surface area contributed by atoms with Crippen molar-refractivity contribution in [3.05, 3.63) is 71.9 Å². The first-order chi connectivity index (χ1) is 12.1. The summed E-state index contributed by atoms with van der Waals surface area (Å²) in [7, 11) is 1.57. The van der Waals surface area contributed by atoms with Gasteiger partial charge in [-0.15, -0.1) is 0 Å². The van der Waals surface area contributed by atoms with Gasteiger partial charge in [-0.3, -0.25) is 14.2 Å². The minimum Gasteiger partial charge on any atom is -0.355 e. The Morgan fingerprint density at radius 3 is 2.68 bits per heavy atom. The monoisotopic (exact) mass is 335 g/mol. The van der Waals surface area contributed by atoms with Crippen LogP contribution in [0.5, 0.6) is 0 Å². The molecule has 0 aliphatic carbocycles. The van der Waals surface area contributed by atoms with Crippen LogP contribution in [0.2, 0.25) is 0 Å². The van der Waals surface area contributed by atoms with Gasteiger partial charge < -0.3 is 10.6 Å². The van der Waals surface area contributed by atoms with Gasteiger partial charge in [0.1, 0.15) is 12.1 Å². The van der Waals surface area contributed by atoms with E-state index in [9.17, 15) is 9.59 Å². The SMILES string of the molecule is CNC(=O)c1cccc(NC(=O)c2ccnc(-n3ccnc3)c2)c1C. The summed E-state index contributed by atoms with van der Waals surface area (Å²) in [6.07, 6.45) is 6.57. The van der Waals surface area contributed by atoms with Crippen LogP contribution in [0.1, 0.15) is 26.3 Å². The lowest BCUT2D eigenvalue weighted by Gasteiger charge is -2.12. The molecule has 0 saturated carbocycles. The smallest absolute Gasteiger partial charge is 0.255 e. The molecule has 0 unspecified atom stereocenters. The highest BCUT2D eigenvalue weighted by Crippen LogP contribution is 2.20. The third kappa shape index (κ3) is 3.40. The van der Waals surface area contributed by atoms with Crippen LogP contribution in [0.15, 0.2) is 55.2 Å². The number of hydrogen-bond acceptors (Lipinski definition) is 4. The molecule has 0 saturated heterocycles. The molecule has 3 rings (SSSR count). The van der Waals surface area contributed by atoms with Gasteiger partial charge in [0.05, 0.1) is 0 Å². The summed E-state index contributed by atoms with van der Waals surface area (Å²) >= 11 is 0. The van der Waals surface area contributed by atoms with Gasteiger partial charge in [-0.05, 0) is 36.8 Å². The fraction of sp³-hybridized carbons (Fsp3) is 0.111. The number of pyridine rings is 1. The number of carbonyl (C=O) groups excluding carboxylic acids is 2. The molecule has 1 aromatic carbocycles. The number of hydrogen-bond donors (Lipinski definition) is 2. The Hall–Kier alpha value is -3.48. The predicted molar refractivity (Wildman–Crippen MR) is 93.9 cm³/mol. The van der Waals surface area contributed by atoms with Gasteiger partial charge in [0.2, 0.25) is 0 Å². The third-order valence-electron chi connectivity index (χ3n) is 3.83. The average molecular weight is 335 g/mol. The molecule has 25 heavy (non-hydrogen) atoms. The zero-order valence-electron chi connectivity index (χ0n) is 13.9. The zero-order chi connectivity index (χ0) is 17.8. The Kier molecular flexibility index (Phi) is 4.56. The summed E-state index contributed by atoms with van der Waals surface area (Å²) in [5.74, 6) is 0.127.